The lowest BCUT2D eigenvalue weighted by molar-refractivity contribution is -0.131. The maximum Gasteiger partial charge on any atom is 0.276 e. The maximum absolute atomic E-state index is 12.0. The molecule has 0 spiro atoms. The quantitative estimate of drug-likeness (QED) is 0.577. The van der Waals surface area contributed by atoms with Crippen molar-refractivity contribution in [1.82, 2.24) is 10.9 Å². The van der Waals surface area contributed by atoms with E-state index in [0.717, 1.165) is 10.0 Å². The Kier molecular flexibility index (Phi) is 8.29. The van der Waals surface area contributed by atoms with E-state index in [1.165, 1.54) is 5.56 Å². The minimum absolute atomic E-state index is 0.144. The Hall–Kier alpha value is -2.54. The van der Waals surface area contributed by atoms with Gasteiger partial charge in [0.1, 0.15) is 11.5 Å². The lowest BCUT2D eigenvalue weighted by Gasteiger charge is -2.23. The van der Waals surface area contributed by atoms with Gasteiger partial charge in [-0.1, -0.05) is 62.7 Å². The van der Waals surface area contributed by atoms with Crippen LogP contribution in [-0.4, -0.2) is 25.0 Å². The minimum atomic E-state index is -0.465. The van der Waals surface area contributed by atoms with Crippen LogP contribution >= 0.6 is 15.9 Å². The van der Waals surface area contributed by atoms with Crippen LogP contribution in [0.1, 0.15) is 51.7 Å². The van der Waals surface area contributed by atoms with E-state index in [9.17, 15) is 9.59 Å². The highest BCUT2D eigenvalue weighted by molar-refractivity contribution is 9.10. The molecule has 2 aromatic carbocycles. The van der Waals surface area contributed by atoms with Crippen LogP contribution in [0.25, 0.3) is 0 Å². The third kappa shape index (κ3) is 7.37. The summed E-state index contributed by atoms with van der Waals surface area (Å²) in [4.78, 5) is 23.9. The predicted octanol–water partition coefficient (Wildman–Crippen LogP) is 4.48. The monoisotopic (exact) mass is 476 g/mol. The number of halogens is 1. The van der Waals surface area contributed by atoms with Gasteiger partial charge in [0, 0.05) is 10.0 Å². The second kappa shape index (κ2) is 10.5. The van der Waals surface area contributed by atoms with Gasteiger partial charge in [-0.2, -0.15) is 0 Å². The van der Waals surface area contributed by atoms with Crippen molar-refractivity contribution in [2.45, 2.75) is 46.0 Å². The zero-order valence-corrected chi connectivity index (χ0v) is 19.6. The molecule has 7 heteroatoms. The third-order valence-corrected chi connectivity index (χ3v) is 4.86. The summed E-state index contributed by atoms with van der Waals surface area (Å²) < 4.78 is 12.0. The fourth-order valence-corrected chi connectivity index (χ4v) is 3.03. The van der Waals surface area contributed by atoms with Crippen molar-refractivity contribution in [3.05, 3.63) is 58.1 Å². The molecule has 0 aliphatic heterocycles. The Morgan fingerprint density at radius 2 is 1.50 bits per heavy atom. The number of hydrazine groups is 1. The number of carbonyl (C=O) groups excluding carboxylic acids is 2. The molecule has 2 rings (SSSR count). The molecule has 2 aromatic rings. The van der Waals surface area contributed by atoms with Gasteiger partial charge in [-0.25, -0.2) is 0 Å². The summed E-state index contributed by atoms with van der Waals surface area (Å²) in [5.41, 5.74) is 6.68. The Morgan fingerprint density at radius 3 is 2.03 bits per heavy atom. The molecule has 0 saturated carbocycles. The van der Waals surface area contributed by atoms with Crippen molar-refractivity contribution in [3.63, 3.8) is 0 Å². The average Bonchev–Trinajstić information content (AvgIpc) is 2.69. The van der Waals surface area contributed by atoms with Crippen molar-refractivity contribution >= 4 is 27.7 Å². The largest absolute Gasteiger partial charge is 0.484 e. The number of benzene rings is 2. The molecule has 0 fully saturated rings. The van der Waals surface area contributed by atoms with Crippen molar-refractivity contribution < 1.29 is 19.1 Å². The summed E-state index contributed by atoms with van der Waals surface area (Å²) in [6.45, 7) is 9.99. The smallest absolute Gasteiger partial charge is 0.276 e. The number of hydrogen-bond donors (Lipinski definition) is 2. The SMILES string of the molecule is CC(C)c1ccc(OCC(=O)NNC(=O)COc2ccc(Br)cc2C(C)(C)C)cc1. The van der Waals surface area contributed by atoms with Crippen molar-refractivity contribution in [1.29, 1.82) is 0 Å². The van der Waals surface area contributed by atoms with Crippen molar-refractivity contribution in [2.24, 2.45) is 0 Å². The van der Waals surface area contributed by atoms with Crippen LogP contribution in [-0.2, 0) is 15.0 Å². The summed E-state index contributed by atoms with van der Waals surface area (Å²) >= 11 is 3.46. The Labute approximate surface area is 186 Å². The molecule has 0 unspecified atom stereocenters. The average molecular weight is 477 g/mol. The van der Waals surface area contributed by atoms with Gasteiger partial charge in [0.05, 0.1) is 0 Å². The summed E-state index contributed by atoms with van der Waals surface area (Å²) in [6.07, 6.45) is 0. The molecule has 162 valence electrons. The number of carbonyl (C=O) groups is 2. The minimum Gasteiger partial charge on any atom is -0.484 e. The second-order valence-electron chi connectivity index (χ2n) is 8.29. The van der Waals surface area contributed by atoms with Gasteiger partial charge in [-0.15, -0.1) is 0 Å². The van der Waals surface area contributed by atoms with Gasteiger partial charge in [0.15, 0.2) is 13.2 Å². The van der Waals surface area contributed by atoms with E-state index in [1.54, 1.807) is 0 Å². The molecule has 6 nitrogen and oxygen atoms in total. The number of ether oxygens (including phenoxy) is 2. The highest BCUT2D eigenvalue weighted by atomic mass is 79.9. The van der Waals surface area contributed by atoms with Crippen molar-refractivity contribution in [2.75, 3.05) is 13.2 Å². The van der Waals surface area contributed by atoms with E-state index in [1.807, 2.05) is 42.5 Å². The highest BCUT2D eigenvalue weighted by Crippen LogP contribution is 2.33. The first-order valence-electron chi connectivity index (χ1n) is 9.79. The normalized spacial score (nSPS) is 11.2. The summed E-state index contributed by atoms with van der Waals surface area (Å²) in [6, 6.07) is 13.2. The molecule has 0 radical (unpaired) electrons. The van der Waals surface area contributed by atoms with Crippen LogP contribution in [0.15, 0.2) is 46.9 Å². The Morgan fingerprint density at radius 1 is 0.933 bits per heavy atom. The fraction of sp³-hybridized carbons (Fsp3) is 0.391. The summed E-state index contributed by atoms with van der Waals surface area (Å²) in [7, 11) is 0. The van der Waals surface area contributed by atoms with E-state index < -0.39 is 11.8 Å². The van der Waals surface area contributed by atoms with Crippen LogP contribution in [0.2, 0.25) is 0 Å². The molecule has 0 aliphatic rings. The number of rotatable bonds is 7. The first kappa shape index (κ1) is 23.7. The van der Waals surface area contributed by atoms with Gasteiger partial charge < -0.3 is 9.47 Å². The van der Waals surface area contributed by atoms with E-state index >= 15 is 0 Å². The first-order chi connectivity index (χ1) is 14.1. The highest BCUT2D eigenvalue weighted by Gasteiger charge is 2.20. The summed E-state index contributed by atoms with van der Waals surface area (Å²) in [5.74, 6) is 0.717. The molecule has 0 aromatic heterocycles. The topological polar surface area (TPSA) is 76.7 Å². The number of nitrogens with one attached hydrogen (secondary N) is 2. The van der Waals surface area contributed by atoms with Crippen LogP contribution in [0.4, 0.5) is 0 Å². The molecule has 30 heavy (non-hydrogen) atoms. The van der Waals surface area contributed by atoms with E-state index in [4.69, 9.17) is 9.47 Å². The third-order valence-electron chi connectivity index (χ3n) is 4.37. The summed E-state index contributed by atoms with van der Waals surface area (Å²) in [5, 5.41) is 0. The van der Waals surface area contributed by atoms with E-state index in [2.05, 4.69) is 61.4 Å². The molecule has 0 atom stereocenters. The number of amides is 2. The standard InChI is InChI=1S/C23H29BrN2O4/c1-15(2)16-6-9-18(10-7-16)29-13-21(27)25-26-22(28)14-30-20-11-8-17(24)12-19(20)23(3,4)5/h6-12,15H,13-14H2,1-5H3,(H,25,27)(H,26,28). The fourth-order valence-electron chi connectivity index (χ4n) is 2.67. The van der Waals surface area contributed by atoms with E-state index in [0.29, 0.717) is 17.4 Å². The van der Waals surface area contributed by atoms with Crippen LogP contribution < -0.4 is 20.3 Å². The molecule has 2 N–H and O–H groups in total. The van der Waals surface area contributed by atoms with Gasteiger partial charge in [-0.05, 0) is 47.2 Å². The molecule has 0 saturated heterocycles. The predicted molar refractivity (Wildman–Crippen MR) is 121 cm³/mol. The lowest BCUT2D eigenvalue weighted by atomic mass is 9.86. The zero-order valence-electron chi connectivity index (χ0n) is 18.0. The molecule has 0 aliphatic carbocycles. The Balaban J connectivity index is 1.77. The Bertz CT molecular complexity index is 874. The van der Waals surface area contributed by atoms with Gasteiger partial charge in [0.2, 0.25) is 0 Å². The van der Waals surface area contributed by atoms with Crippen molar-refractivity contribution in [3.8, 4) is 11.5 Å². The molecular weight excluding hydrogens is 448 g/mol. The van der Waals surface area contributed by atoms with Gasteiger partial charge >= 0.3 is 0 Å². The van der Waals surface area contributed by atoms with Crippen LogP contribution in [0.3, 0.4) is 0 Å². The lowest BCUT2D eigenvalue weighted by Crippen LogP contribution is -2.45. The second-order valence-corrected chi connectivity index (χ2v) is 9.20. The van der Waals surface area contributed by atoms with Gasteiger partial charge in [-0.3, -0.25) is 20.4 Å². The van der Waals surface area contributed by atoms with Crippen LogP contribution in [0.5, 0.6) is 11.5 Å². The van der Waals surface area contributed by atoms with Crippen LogP contribution in [0, 0.1) is 0 Å². The zero-order chi connectivity index (χ0) is 22.3. The number of hydrogen-bond acceptors (Lipinski definition) is 4. The molecule has 2 amide bonds. The molecule has 0 bridgehead atoms. The van der Waals surface area contributed by atoms with E-state index in [-0.39, 0.29) is 18.6 Å². The molecule has 0 heterocycles. The molecular formula is C23H29BrN2O4. The first-order valence-corrected chi connectivity index (χ1v) is 10.6. The van der Waals surface area contributed by atoms with Gasteiger partial charge in [0.25, 0.3) is 11.8 Å². The maximum atomic E-state index is 12.0.